The van der Waals surface area contributed by atoms with E-state index in [2.05, 4.69) is 46.3 Å². The lowest BCUT2D eigenvalue weighted by Crippen LogP contribution is -2.54. The molecule has 1 aliphatic rings. The molecule has 1 atom stereocenters. The molecule has 0 spiro atoms. The Bertz CT molecular complexity index is 1000. The summed E-state index contributed by atoms with van der Waals surface area (Å²) in [6.07, 6.45) is -4.58. The number of alkyl halides is 3. The molecule has 0 aliphatic carbocycles. The fourth-order valence-corrected chi connectivity index (χ4v) is 4.17. The van der Waals surface area contributed by atoms with Gasteiger partial charge in [0.1, 0.15) is 0 Å². The van der Waals surface area contributed by atoms with Crippen molar-refractivity contribution in [2.45, 2.75) is 32.6 Å². The highest BCUT2D eigenvalue weighted by Crippen LogP contribution is 2.34. The number of nitrogens with one attached hydrogen (secondary N) is 1. The van der Waals surface area contributed by atoms with Crippen molar-refractivity contribution in [1.82, 2.24) is 14.7 Å². The van der Waals surface area contributed by atoms with Crippen molar-refractivity contribution >= 4 is 17.5 Å². The number of halogens is 3. The third-order valence-electron chi connectivity index (χ3n) is 6.06. The van der Waals surface area contributed by atoms with Gasteiger partial charge in [0.2, 0.25) is 11.8 Å². The second-order valence-electron chi connectivity index (χ2n) is 8.76. The summed E-state index contributed by atoms with van der Waals surface area (Å²) in [6.45, 7) is 7.48. The predicted octanol–water partition coefficient (Wildman–Crippen LogP) is 3.62. The molecule has 0 bridgehead atoms. The highest BCUT2D eigenvalue weighted by molar-refractivity contribution is 5.95. The molecule has 0 saturated carbocycles. The number of carbonyl (C=O) groups is 2. The molecule has 6 nitrogen and oxygen atoms in total. The molecule has 1 saturated heterocycles. The summed E-state index contributed by atoms with van der Waals surface area (Å²) in [7, 11) is 1.49. The van der Waals surface area contributed by atoms with Crippen LogP contribution >= 0.6 is 0 Å². The molecule has 1 aliphatic heterocycles. The molecule has 2 aromatic carbocycles. The van der Waals surface area contributed by atoms with Crippen molar-refractivity contribution in [1.29, 1.82) is 0 Å². The van der Waals surface area contributed by atoms with Gasteiger partial charge in [-0.15, -0.1) is 0 Å². The monoisotopic (exact) mass is 476 g/mol. The third kappa shape index (κ3) is 6.80. The predicted molar refractivity (Wildman–Crippen MR) is 125 cm³/mol. The zero-order valence-electron chi connectivity index (χ0n) is 19.7. The maximum Gasteiger partial charge on any atom is 0.418 e. The van der Waals surface area contributed by atoms with E-state index in [1.165, 1.54) is 41.3 Å². The van der Waals surface area contributed by atoms with Crippen molar-refractivity contribution < 1.29 is 22.8 Å². The van der Waals surface area contributed by atoms with Crippen LogP contribution < -0.4 is 5.32 Å². The summed E-state index contributed by atoms with van der Waals surface area (Å²) in [6, 6.07) is 12.8. The molecule has 34 heavy (non-hydrogen) atoms. The Balaban J connectivity index is 1.49. The Morgan fingerprint density at radius 1 is 1.06 bits per heavy atom. The van der Waals surface area contributed by atoms with Gasteiger partial charge in [-0.1, -0.05) is 42.0 Å². The van der Waals surface area contributed by atoms with Crippen LogP contribution in [0.3, 0.4) is 0 Å². The number of aryl methyl sites for hydroxylation is 1. The number of benzene rings is 2. The minimum absolute atomic E-state index is 0.244. The van der Waals surface area contributed by atoms with Crippen LogP contribution in [0, 0.1) is 6.92 Å². The number of para-hydroxylation sites is 1. The van der Waals surface area contributed by atoms with Crippen molar-refractivity contribution in [3.63, 3.8) is 0 Å². The summed E-state index contributed by atoms with van der Waals surface area (Å²) in [5, 5.41) is 2.28. The van der Waals surface area contributed by atoms with Gasteiger partial charge >= 0.3 is 6.18 Å². The Morgan fingerprint density at radius 3 is 2.38 bits per heavy atom. The van der Waals surface area contributed by atoms with Crippen LogP contribution in [0.1, 0.15) is 23.6 Å². The molecule has 1 fully saturated rings. The van der Waals surface area contributed by atoms with Gasteiger partial charge in [-0.3, -0.25) is 19.4 Å². The van der Waals surface area contributed by atoms with Crippen LogP contribution in [0.5, 0.6) is 0 Å². The van der Waals surface area contributed by atoms with E-state index < -0.39 is 23.7 Å². The average Bonchev–Trinajstić information content (AvgIpc) is 2.78. The first-order chi connectivity index (χ1) is 16.0. The first-order valence-electron chi connectivity index (χ1n) is 11.3. The van der Waals surface area contributed by atoms with Crippen molar-refractivity contribution in [3.8, 4) is 0 Å². The average molecular weight is 477 g/mol. The Kier molecular flexibility index (Phi) is 8.33. The van der Waals surface area contributed by atoms with Gasteiger partial charge in [0.15, 0.2) is 0 Å². The second-order valence-corrected chi connectivity index (χ2v) is 8.76. The van der Waals surface area contributed by atoms with E-state index in [0.717, 1.165) is 38.8 Å². The summed E-state index contributed by atoms with van der Waals surface area (Å²) >= 11 is 0. The van der Waals surface area contributed by atoms with E-state index in [9.17, 15) is 22.8 Å². The molecule has 1 N–H and O–H groups in total. The minimum atomic E-state index is -4.58. The van der Waals surface area contributed by atoms with E-state index in [1.54, 1.807) is 6.92 Å². The number of amides is 2. The maximum absolute atomic E-state index is 13.1. The van der Waals surface area contributed by atoms with Gasteiger partial charge < -0.3 is 10.2 Å². The molecule has 1 unspecified atom stereocenters. The SMILES string of the molecule is Cc1cccc(CN2CCN(C(C)C(=O)N(C)CC(=O)Nc3ccccc3C(F)(F)F)CC2)c1. The summed E-state index contributed by atoms with van der Waals surface area (Å²) in [4.78, 5) is 30.9. The van der Waals surface area contributed by atoms with Gasteiger partial charge in [0, 0.05) is 39.8 Å². The van der Waals surface area contributed by atoms with Crippen LogP contribution in [0.25, 0.3) is 0 Å². The number of anilines is 1. The zero-order valence-corrected chi connectivity index (χ0v) is 19.7. The molecule has 0 radical (unpaired) electrons. The normalized spacial score (nSPS) is 16.2. The lowest BCUT2D eigenvalue weighted by atomic mass is 10.1. The standard InChI is InChI=1S/C25H31F3N4O2/c1-18-7-6-8-20(15-18)16-31-11-13-32(14-12-31)19(2)24(34)30(3)17-23(33)29-22-10-5-4-9-21(22)25(26,27)28/h4-10,15,19H,11-14,16-17H2,1-3H3,(H,29,33). The van der Waals surface area contributed by atoms with E-state index in [-0.39, 0.29) is 18.1 Å². The fraction of sp³-hybridized carbons (Fsp3) is 0.440. The zero-order chi connectivity index (χ0) is 24.9. The van der Waals surface area contributed by atoms with Crippen molar-refractivity contribution in [2.75, 3.05) is 45.1 Å². The topological polar surface area (TPSA) is 55.9 Å². The van der Waals surface area contributed by atoms with Gasteiger partial charge in [-0.2, -0.15) is 13.2 Å². The Morgan fingerprint density at radius 2 is 1.74 bits per heavy atom. The van der Waals surface area contributed by atoms with Gasteiger partial charge in [0.05, 0.1) is 23.8 Å². The highest BCUT2D eigenvalue weighted by Gasteiger charge is 2.34. The molecule has 2 amide bonds. The summed E-state index contributed by atoms with van der Waals surface area (Å²) in [5.74, 6) is -0.922. The minimum Gasteiger partial charge on any atom is -0.335 e. The Labute approximate surface area is 198 Å². The van der Waals surface area contributed by atoms with E-state index in [0.29, 0.717) is 0 Å². The van der Waals surface area contributed by atoms with Gasteiger partial charge in [-0.25, -0.2) is 0 Å². The maximum atomic E-state index is 13.1. The molecule has 184 valence electrons. The third-order valence-corrected chi connectivity index (χ3v) is 6.06. The van der Waals surface area contributed by atoms with Crippen LogP contribution in [0.4, 0.5) is 18.9 Å². The number of hydrogen-bond acceptors (Lipinski definition) is 4. The fourth-order valence-electron chi connectivity index (χ4n) is 4.17. The molecule has 3 rings (SSSR count). The highest BCUT2D eigenvalue weighted by atomic mass is 19.4. The summed E-state index contributed by atoms with van der Waals surface area (Å²) in [5.41, 5.74) is 1.24. The lowest BCUT2D eigenvalue weighted by Gasteiger charge is -2.38. The van der Waals surface area contributed by atoms with Crippen LogP contribution in [0.2, 0.25) is 0 Å². The van der Waals surface area contributed by atoms with Crippen molar-refractivity contribution in [3.05, 3.63) is 65.2 Å². The smallest absolute Gasteiger partial charge is 0.335 e. The molecular weight excluding hydrogens is 445 g/mol. The number of nitrogens with zero attached hydrogens (tertiary/aromatic N) is 3. The molecule has 1 heterocycles. The van der Waals surface area contributed by atoms with Gasteiger partial charge in [-0.05, 0) is 31.5 Å². The lowest BCUT2D eigenvalue weighted by molar-refractivity contribution is -0.139. The first kappa shape index (κ1) is 25.7. The van der Waals surface area contributed by atoms with E-state index >= 15 is 0 Å². The molecule has 9 heteroatoms. The Hall–Kier alpha value is -2.91. The van der Waals surface area contributed by atoms with Crippen LogP contribution in [0.15, 0.2) is 48.5 Å². The number of likely N-dealkylation sites (N-methyl/N-ethyl adjacent to an activating group) is 1. The van der Waals surface area contributed by atoms with Gasteiger partial charge in [0.25, 0.3) is 0 Å². The van der Waals surface area contributed by atoms with Crippen LogP contribution in [-0.2, 0) is 22.3 Å². The number of piperazine rings is 1. The second kappa shape index (κ2) is 11.0. The number of carbonyl (C=O) groups excluding carboxylic acids is 2. The number of rotatable bonds is 7. The quantitative estimate of drug-likeness (QED) is 0.664. The van der Waals surface area contributed by atoms with Crippen molar-refractivity contribution in [2.24, 2.45) is 0 Å². The molecular formula is C25H31F3N4O2. The van der Waals surface area contributed by atoms with E-state index in [1.807, 2.05) is 0 Å². The van der Waals surface area contributed by atoms with Crippen LogP contribution in [-0.4, -0.2) is 72.3 Å². The largest absolute Gasteiger partial charge is 0.418 e. The van der Waals surface area contributed by atoms with E-state index in [4.69, 9.17) is 0 Å². The first-order valence-corrected chi connectivity index (χ1v) is 11.3. The summed E-state index contributed by atoms with van der Waals surface area (Å²) < 4.78 is 39.4. The molecule has 2 aromatic rings. The number of hydrogen-bond donors (Lipinski definition) is 1. The molecule has 0 aromatic heterocycles.